The van der Waals surface area contributed by atoms with Gasteiger partial charge >= 0.3 is 0 Å². The molecule has 0 atom stereocenters. The molecule has 0 aliphatic rings. The number of nitrogens with zero attached hydrogens (tertiary/aromatic N) is 2. The van der Waals surface area contributed by atoms with E-state index in [0.29, 0.717) is 0 Å². The molecule has 0 radical (unpaired) electrons. The summed E-state index contributed by atoms with van der Waals surface area (Å²) in [4.78, 5) is 0. The first-order chi connectivity index (χ1) is 6.75. The molecule has 0 aliphatic carbocycles. The van der Waals surface area contributed by atoms with Gasteiger partial charge in [-0.3, -0.25) is 0 Å². The van der Waals surface area contributed by atoms with E-state index in [1.54, 1.807) is 6.26 Å². The van der Waals surface area contributed by atoms with Gasteiger partial charge in [0.25, 0.3) is 0 Å². The van der Waals surface area contributed by atoms with Crippen LogP contribution in [-0.4, -0.2) is 6.04 Å². The van der Waals surface area contributed by atoms with E-state index < -0.39 is 0 Å². The zero-order valence-electron chi connectivity index (χ0n) is 8.27. The Labute approximate surface area is 82.4 Å². The van der Waals surface area contributed by atoms with Crippen molar-refractivity contribution in [2.45, 2.75) is 19.9 Å². The summed E-state index contributed by atoms with van der Waals surface area (Å²) in [6, 6.07) is 7.92. The van der Waals surface area contributed by atoms with Gasteiger partial charge in [-0.15, -0.1) is 0 Å². The molecule has 1 aromatic carbocycles. The predicted molar refractivity (Wildman–Crippen MR) is 55.9 cm³/mol. The van der Waals surface area contributed by atoms with E-state index in [1.807, 2.05) is 38.1 Å². The number of azo groups is 1. The SMILES string of the molecule is CC(C)N=Nc1ccc2occc2c1. The maximum atomic E-state index is 5.23. The summed E-state index contributed by atoms with van der Waals surface area (Å²) < 4.78 is 5.23. The molecule has 0 fully saturated rings. The Morgan fingerprint density at radius 2 is 2.07 bits per heavy atom. The Hall–Kier alpha value is -1.64. The number of hydrogen-bond donors (Lipinski definition) is 0. The van der Waals surface area contributed by atoms with E-state index in [2.05, 4.69) is 10.2 Å². The van der Waals surface area contributed by atoms with Crippen molar-refractivity contribution in [3.63, 3.8) is 0 Å². The molecule has 0 bridgehead atoms. The van der Waals surface area contributed by atoms with Crippen LogP contribution in [0.25, 0.3) is 11.0 Å². The van der Waals surface area contributed by atoms with Crippen LogP contribution in [0, 0.1) is 0 Å². The average molecular weight is 188 g/mol. The van der Waals surface area contributed by atoms with Gasteiger partial charge in [-0.2, -0.15) is 10.2 Å². The van der Waals surface area contributed by atoms with Gasteiger partial charge in [-0.1, -0.05) is 0 Å². The van der Waals surface area contributed by atoms with E-state index in [0.717, 1.165) is 16.7 Å². The minimum Gasteiger partial charge on any atom is -0.464 e. The van der Waals surface area contributed by atoms with Gasteiger partial charge in [0.05, 0.1) is 18.0 Å². The number of hydrogen-bond acceptors (Lipinski definition) is 3. The highest BCUT2D eigenvalue weighted by Crippen LogP contribution is 2.22. The van der Waals surface area contributed by atoms with Gasteiger partial charge < -0.3 is 4.42 Å². The summed E-state index contributed by atoms with van der Waals surface area (Å²) >= 11 is 0. The second-order valence-corrected chi connectivity index (χ2v) is 3.45. The Morgan fingerprint density at radius 3 is 2.86 bits per heavy atom. The highest BCUT2D eigenvalue weighted by atomic mass is 16.3. The lowest BCUT2D eigenvalue weighted by Gasteiger charge is -1.94. The second kappa shape index (κ2) is 3.62. The summed E-state index contributed by atoms with van der Waals surface area (Å²) in [5.74, 6) is 0. The molecule has 0 saturated carbocycles. The first-order valence-electron chi connectivity index (χ1n) is 4.64. The average Bonchev–Trinajstić information content (AvgIpc) is 2.61. The molecule has 1 heterocycles. The summed E-state index contributed by atoms with van der Waals surface area (Å²) in [7, 11) is 0. The van der Waals surface area contributed by atoms with E-state index in [-0.39, 0.29) is 6.04 Å². The maximum Gasteiger partial charge on any atom is 0.134 e. The van der Waals surface area contributed by atoms with Gasteiger partial charge in [0.1, 0.15) is 5.58 Å². The molecular formula is C11H12N2O. The minimum absolute atomic E-state index is 0.232. The molecule has 0 unspecified atom stereocenters. The Kier molecular flexibility index (Phi) is 2.31. The third-order valence-corrected chi connectivity index (χ3v) is 1.84. The molecule has 3 heteroatoms. The lowest BCUT2D eigenvalue weighted by Crippen LogP contribution is -1.83. The zero-order valence-corrected chi connectivity index (χ0v) is 8.27. The zero-order chi connectivity index (χ0) is 9.97. The van der Waals surface area contributed by atoms with Gasteiger partial charge in [0.2, 0.25) is 0 Å². The highest BCUT2D eigenvalue weighted by molar-refractivity contribution is 5.80. The monoisotopic (exact) mass is 188 g/mol. The molecule has 72 valence electrons. The standard InChI is InChI=1S/C11H12N2O/c1-8(2)12-13-10-3-4-11-9(7-10)5-6-14-11/h3-8H,1-2H3. The molecule has 2 rings (SSSR count). The van der Waals surface area contributed by atoms with Crippen molar-refractivity contribution in [3.05, 3.63) is 30.5 Å². The number of fused-ring (bicyclic) bond motifs is 1. The molecular weight excluding hydrogens is 176 g/mol. The molecule has 3 nitrogen and oxygen atoms in total. The summed E-state index contributed by atoms with van der Waals surface area (Å²) in [5, 5.41) is 9.26. The first kappa shape index (κ1) is 8.94. The van der Waals surface area contributed by atoms with Crippen LogP contribution in [0.3, 0.4) is 0 Å². The Balaban J connectivity index is 2.34. The smallest absolute Gasteiger partial charge is 0.134 e. The largest absolute Gasteiger partial charge is 0.464 e. The number of rotatable bonds is 2. The normalized spacial score (nSPS) is 11.9. The van der Waals surface area contributed by atoms with E-state index in [4.69, 9.17) is 4.42 Å². The molecule has 0 amide bonds. The van der Waals surface area contributed by atoms with Crippen LogP contribution in [0.5, 0.6) is 0 Å². The number of benzene rings is 1. The quantitative estimate of drug-likeness (QED) is 0.658. The van der Waals surface area contributed by atoms with Crippen molar-refractivity contribution in [1.29, 1.82) is 0 Å². The van der Waals surface area contributed by atoms with Crippen molar-refractivity contribution in [1.82, 2.24) is 0 Å². The fourth-order valence-electron chi connectivity index (χ4n) is 1.20. The third-order valence-electron chi connectivity index (χ3n) is 1.84. The van der Waals surface area contributed by atoms with Gasteiger partial charge in [-0.05, 0) is 38.1 Å². The Morgan fingerprint density at radius 1 is 1.21 bits per heavy atom. The van der Waals surface area contributed by atoms with Crippen LogP contribution in [0.15, 0.2) is 45.2 Å². The molecule has 0 spiro atoms. The lowest BCUT2D eigenvalue weighted by atomic mass is 10.2. The molecule has 2 aromatic rings. The van der Waals surface area contributed by atoms with Crippen LogP contribution in [0.1, 0.15) is 13.8 Å². The van der Waals surface area contributed by atoms with Gasteiger partial charge in [-0.25, -0.2) is 0 Å². The minimum atomic E-state index is 0.232. The predicted octanol–water partition coefficient (Wildman–Crippen LogP) is 3.92. The van der Waals surface area contributed by atoms with Gasteiger partial charge in [0.15, 0.2) is 0 Å². The fourth-order valence-corrected chi connectivity index (χ4v) is 1.20. The van der Waals surface area contributed by atoms with Crippen molar-refractivity contribution in [2.75, 3.05) is 0 Å². The van der Waals surface area contributed by atoms with Gasteiger partial charge in [0, 0.05) is 5.39 Å². The van der Waals surface area contributed by atoms with Crippen LogP contribution >= 0.6 is 0 Å². The first-order valence-corrected chi connectivity index (χ1v) is 4.64. The van der Waals surface area contributed by atoms with Crippen molar-refractivity contribution in [3.8, 4) is 0 Å². The van der Waals surface area contributed by atoms with Crippen molar-refractivity contribution < 1.29 is 4.42 Å². The van der Waals surface area contributed by atoms with Crippen molar-refractivity contribution in [2.24, 2.45) is 10.2 Å². The van der Waals surface area contributed by atoms with Crippen LogP contribution in [-0.2, 0) is 0 Å². The Bertz CT molecular complexity index is 457. The second-order valence-electron chi connectivity index (χ2n) is 3.45. The summed E-state index contributed by atoms with van der Waals surface area (Å²) in [6.45, 7) is 4.00. The molecule has 1 aromatic heterocycles. The third kappa shape index (κ3) is 1.82. The summed E-state index contributed by atoms with van der Waals surface area (Å²) in [5.41, 5.74) is 1.75. The van der Waals surface area contributed by atoms with E-state index in [9.17, 15) is 0 Å². The molecule has 0 N–H and O–H groups in total. The molecule has 14 heavy (non-hydrogen) atoms. The molecule has 0 aliphatic heterocycles. The van der Waals surface area contributed by atoms with Crippen molar-refractivity contribution >= 4 is 16.7 Å². The van der Waals surface area contributed by atoms with Crippen LogP contribution < -0.4 is 0 Å². The number of furan rings is 1. The van der Waals surface area contributed by atoms with E-state index in [1.165, 1.54) is 0 Å². The van der Waals surface area contributed by atoms with Crippen LogP contribution in [0.2, 0.25) is 0 Å². The lowest BCUT2D eigenvalue weighted by molar-refractivity contribution is 0.616. The maximum absolute atomic E-state index is 5.23. The van der Waals surface area contributed by atoms with E-state index >= 15 is 0 Å². The highest BCUT2D eigenvalue weighted by Gasteiger charge is 1.97. The fraction of sp³-hybridized carbons (Fsp3) is 0.273. The molecule has 0 saturated heterocycles. The summed E-state index contributed by atoms with van der Waals surface area (Å²) in [6.07, 6.45) is 1.67. The van der Waals surface area contributed by atoms with Crippen LogP contribution in [0.4, 0.5) is 5.69 Å². The topological polar surface area (TPSA) is 37.9 Å².